The van der Waals surface area contributed by atoms with Crippen LogP contribution in [-0.2, 0) is 9.53 Å². The fraction of sp³-hybridized carbons (Fsp3) is 0.875. The van der Waals surface area contributed by atoms with Gasteiger partial charge in [-0.25, -0.2) is 5.84 Å². The molecule has 0 saturated heterocycles. The number of carbonyl (C=O) groups excluding carboxylic acids is 1. The molecule has 0 atom stereocenters. The van der Waals surface area contributed by atoms with Gasteiger partial charge in [0.1, 0.15) is 0 Å². The molecule has 72 valence electrons. The zero-order chi connectivity index (χ0) is 9.23. The van der Waals surface area contributed by atoms with E-state index in [1.54, 1.807) is 0 Å². The van der Waals surface area contributed by atoms with Gasteiger partial charge in [0.2, 0.25) is 5.91 Å². The highest BCUT2D eigenvalue weighted by atomic mass is 16.5. The predicted octanol–water partition coefficient (Wildman–Crippen LogP) is 0.573. The summed E-state index contributed by atoms with van der Waals surface area (Å²) >= 11 is 0. The Morgan fingerprint density at radius 1 is 1.42 bits per heavy atom. The van der Waals surface area contributed by atoms with Crippen molar-refractivity contribution in [1.82, 2.24) is 5.43 Å². The number of ether oxygens (including phenoxy) is 1. The maximum absolute atomic E-state index is 10.6. The average molecular weight is 174 g/mol. The molecule has 0 heterocycles. The molecule has 12 heavy (non-hydrogen) atoms. The van der Waals surface area contributed by atoms with E-state index in [4.69, 9.17) is 10.6 Å². The Hall–Kier alpha value is -0.610. The second kappa shape index (κ2) is 8.49. The number of nitrogens with one attached hydrogen (secondary N) is 1. The molecule has 0 spiro atoms. The highest BCUT2D eigenvalue weighted by Crippen LogP contribution is 1.94. The summed E-state index contributed by atoms with van der Waals surface area (Å²) in [6.45, 7) is 3.35. The van der Waals surface area contributed by atoms with Crippen molar-refractivity contribution >= 4 is 5.91 Å². The molecule has 0 aromatic rings. The number of hydrazine groups is 1. The molecule has 4 heteroatoms. The van der Waals surface area contributed by atoms with Crippen LogP contribution in [0.5, 0.6) is 0 Å². The number of amides is 1. The molecule has 0 saturated carbocycles. The minimum atomic E-state index is -0.175. The summed E-state index contributed by atoms with van der Waals surface area (Å²) < 4.78 is 5.19. The van der Waals surface area contributed by atoms with Gasteiger partial charge in [0, 0.05) is 6.61 Å². The molecule has 0 aromatic heterocycles. The zero-order valence-electron chi connectivity index (χ0n) is 7.64. The smallest absolute Gasteiger partial charge is 0.236 e. The van der Waals surface area contributed by atoms with Gasteiger partial charge < -0.3 is 4.74 Å². The van der Waals surface area contributed by atoms with E-state index in [2.05, 4.69) is 6.92 Å². The first-order chi connectivity index (χ1) is 5.81. The van der Waals surface area contributed by atoms with Gasteiger partial charge in [0.05, 0.1) is 13.0 Å². The van der Waals surface area contributed by atoms with Crippen molar-refractivity contribution in [3.63, 3.8) is 0 Å². The first kappa shape index (κ1) is 11.4. The summed E-state index contributed by atoms with van der Waals surface area (Å²) in [5.74, 6) is 4.70. The fourth-order valence-electron chi connectivity index (χ4n) is 0.793. The van der Waals surface area contributed by atoms with Gasteiger partial charge in [-0.05, 0) is 6.42 Å². The summed E-state index contributed by atoms with van der Waals surface area (Å²) in [5, 5.41) is 0. The lowest BCUT2D eigenvalue weighted by Gasteiger charge is -2.02. The number of hydrogen-bond acceptors (Lipinski definition) is 3. The van der Waals surface area contributed by atoms with E-state index in [9.17, 15) is 4.79 Å². The highest BCUT2D eigenvalue weighted by Gasteiger charge is 1.96. The second-order valence-electron chi connectivity index (χ2n) is 2.64. The Morgan fingerprint density at radius 3 is 2.75 bits per heavy atom. The van der Waals surface area contributed by atoms with Crippen LogP contribution in [0.2, 0.25) is 0 Å². The Morgan fingerprint density at radius 2 is 2.17 bits per heavy atom. The Labute approximate surface area is 73.4 Å². The quantitative estimate of drug-likeness (QED) is 0.257. The number of hydrogen-bond donors (Lipinski definition) is 2. The van der Waals surface area contributed by atoms with E-state index in [-0.39, 0.29) is 5.91 Å². The van der Waals surface area contributed by atoms with Crippen LogP contribution in [0.15, 0.2) is 0 Å². The third-order valence-electron chi connectivity index (χ3n) is 1.53. The largest absolute Gasteiger partial charge is 0.381 e. The number of carbonyl (C=O) groups is 1. The zero-order valence-corrected chi connectivity index (χ0v) is 7.64. The Bertz CT molecular complexity index is 118. The molecule has 0 radical (unpaired) electrons. The van der Waals surface area contributed by atoms with Crippen LogP contribution < -0.4 is 11.3 Å². The third-order valence-corrected chi connectivity index (χ3v) is 1.53. The van der Waals surface area contributed by atoms with Crippen molar-refractivity contribution in [3.05, 3.63) is 0 Å². The molecular weight excluding hydrogens is 156 g/mol. The van der Waals surface area contributed by atoms with Crippen molar-refractivity contribution < 1.29 is 9.53 Å². The molecule has 0 fully saturated rings. The fourth-order valence-corrected chi connectivity index (χ4v) is 0.793. The van der Waals surface area contributed by atoms with Crippen LogP contribution >= 0.6 is 0 Å². The minimum Gasteiger partial charge on any atom is -0.381 e. The maximum atomic E-state index is 10.6. The molecule has 3 N–H and O–H groups in total. The van der Waals surface area contributed by atoms with Crippen LogP contribution in [0.25, 0.3) is 0 Å². The van der Waals surface area contributed by atoms with Crippen LogP contribution in [-0.4, -0.2) is 19.1 Å². The van der Waals surface area contributed by atoms with Crippen LogP contribution in [0.4, 0.5) is 0 Å². The van der Waals surface area contributed by atoms with Gasteiger partial charge in [-0.3, -0.25) is 10.2 Å². The second-order valence-corrected chi connectivity index (χ2v) is 2.64. The molecule has 0 aliphatic carbocycles. The summed E-state index contributed by atoms with van der Waals surface area (Å²) in [6, 6.07) is 0. The molecule has 0 aliphatic rings. The van der Waals surface area contributed by atoms with E-state index < -0.39 is 0 Å². The van der Waals surface area contributed by atoms with Crippen molar-refractivity contribution in [3.8, 4) is 0 Å². The van der Waals surface area contributed by atoms with E-state index >= 15 is 0 Å². The van der Waals surface area contributed by atoms with Crippen LogP contribution in [0.1, 0.15) is 32.6 Å². The van der Waals surface area contributed by atoms with Crippen LogP contribution in [0.3, 0.4) is 0 Å². The van der Waals surface area contributed by atoms with Crippen molar-refractivity contribution in [1.29, 1.82) is 0 Å². The SMILES string of the molecule is CCCCCOCCC(=O)NN. The summed E-state index contributed by atoms with van der Waals surface area (Å²) in [5.41, 5.74) is 2.05. The van der Waals surface area contributed by atoms with Gasteiger partial charge in [-0.1, -0.05) is 19.8 Å². The van der Waals surface area contributed by atoms with Crippen molar-refractivity contribution in [2.24, 2.45) is 5.84 Å². The summed E-state index contributed by atoms with van der Waals surface area (Å²) in [4.78, 5) is 10.6. The number of nitrogens with two attached hydrogens (primary N) is 1. The van der Waals surface area contributed by atoms with E-state index in [0.717, 1.165) is 13.0 Å². The highest BCUT2D eigenvalue weighted by molar-refractivity contribution is 5.75. The molecule has 0 aliphatic heterocycles. The van der Waals surface area contributed by atoms with Gasteiger partial charge >= 0.3 is 0 Å². The lowest BCUT2D eigenvalue weighted by atomic mass is 10.3. The number of rotatable bonds is 7. The predicted molar refractivity (Wildman–Crippen MR) is 47.3 cm³/mol. The van der Waals surface area contributed by atoms with E-state index in [1.165, 1.54) is 12.8 Å². The summed E-state index contributed by atoms with van der Waals surface area (Å²) in [7, 11) is 0. The monoisotopic (exact) mass is 174 g/mol. The number of unbranched alkanes of at least 4 members (excludes halogenated alkanes) is 2. The van der Waals surface area contributed by atoms with Crippen molar-refractivity contribution in [2.45, 2.75) is 32.6 Å². The third kappa shape index (κ3) is 7.50. The maximum Gasteiger partial charge on any atom is 0.236 e. The Balaban J connectivity index is 2.95. The Kier molecular flexibility index (Phi) is 8.05. The lowest BCUT2D eigenvalue weighted by molar-refractivity contribution is -0.122. The molecule has 0 bridgehead atoms. The first-order valence-corrected chi connectivity index (χ1v) is 4.38. The van der Waals surface area contributed by atoms with Gasteiger partial charge in [-0.15, -0.1) is 0 Å². The van der Waals surface area contributed by atoms with Gasteiger partial charge in [0.15, 0.2) is 0 Å². The molecule has 1 amide bonds. The van der Waals surface area contributed by atoms with E-state index in [0.29, 0.717) is 13.0 Å². The van der Waals surface area contributed by atoms with Crippen LogP contribution in [0, 0.1) is 0 Å². The molecule has 0 unspecified atom stereocenters. The standard InChI is InChI=1S/C8H18N2O2/c1-2-3-4-6-12-7-5-8(11)10-9/h2-7,9H2,1H3,(H,10,11). The molecule has 0 aromatic carbocycles. The average Bonchev–Trinajstić information content (AvgIpc) is 2.10. The van der Waals surface area contributed by atoms with Gasteiger partial charge in [0.25, 0.3) is 0 Å². The molecular formula is C8H18N2O2. The minimum absolute atomic E-state index is 0.175. The molecule has 4 nitrogen and oxygen atoms in total. The lowest BCUT2D eigenvalue weighted by Crippen LogP contribution is -2.30. The van der Waals surface area contributed by atoms with Gasteiger partial charge in [-0.2, -0.15) is 0 Å². The molecule has 0 rings (SSSR count). The first-order valence-electron chi connectivity index (χ1n) is 4.38. The van der Waals surface area contributed by atoms with Crippen molar-refractivity contribution in [2.75, 3.05) is 13.2 Å². The summed E-state index contributed by atoms with van der Waals surface area (Å²) in [6.07, 6.45) is 3.79. The normalized spacial score (nSPS) is 9.83. The topological polar surface area (TPSA) is 64.3 Å². The van der Waals surface area contributed by atoms with E-state index in [1.807, 2.05) is 5.43 Å².